The van der Waals surface area contributed by atoms with Crippen LogP contribution in [0, 0.1) is 5.92 Å². The van der Waals surface area contributed by atoms with E-state index in [-0.39, 0.29) is 12.0 Å². The Labute approximate surface area is 114 Å². The molecule has 1 fully saturated rings. The largest absolute Gasteiger partial charge is 0.481 e. The molecule has 0 aliphatic heterocycles. The van der Waals surface area contributed by atoms with E-state index in [0.717, 1.165) is 34.6 Å². The van der Waals surface area contributed by atoms with Crippen LogP contribution in [0.4, 0.5) is 0 Å². The molecule has 18 heavy (non-hydrogen) atoms. The minimum Gasteiger partial charge on any atom is -0.481 e. The maximum absolute atomic E-state index is 11.3. The van der Waals surface area contributed by atoms with Gasteiger partial charge in [-0.2, -0.15) is 0 Å². The molecule has 0 saturated heterocycles. The molecule has 0 amide bonds. The van der Waals surface area contributed by atoms with Gasteiger partial charge < -0.3 is 9.67 Å². The van der Waals surface area contributed by atoms with Gasteiger partial charge in [-0.1, -0.05) is 24.6 Å². The number of halogens is 1. The molecule has 0 bridgehead atoms. The predicted octanol–water partition coefficient (Wildman–Crippen LogP) is 3.83. The maximum Gasteiger partial charge on any atom is 0.308 e. The highest BCUT2D eigenvalue weighted by atomic mass is 79.9. The van der Waals surface area contributed by atoms with E-state index in [1.807, 2.05) is 18.3 Å². The molecular weight excluding hydrogens is 294 g/mol. The van der Waals surface area contributed by atoms with Crippen LogP contribution < -0.4 is 0 Å². The molecule has 2 atom stereocenters. The molecule has 0 radical (unpaired) electrons. The summed E-state index contributed by atoms with van der Waals surface area (Å²) in [4.78, 5) is 11.3. The number of fused-ring (bicyclic) bond motifs is 1. The normalized spacial score (nSPS) is 23.6. The van der Waals surface area contributed by atoms with Crippen molar-refractivity contribution in [3.63, 3.8) is 0 Å². The van der Waals surface area contributed by atoms with Crippen molar-refractivity contribution >= 4 is 32.8 Å². The number of aromatic nitrogens is 1. The van der Waals surface area contributed by atoms with E-state index in [1.54, 1.807) is 0 Å². The van der Waals surface area contributed by atoms with Crippen molar-refractivity contribution in [1.82, 2.24) is 4.57 Å². The number of carboxylic acid groups (broad SMARTS) is 1. The summed E-state index contributed by atoms with van der Waals surface area (Å²) >= 11 is 3.55. The Hall–Kier alpha value is -1.29. The lowest BCUT2D eigenvalue weighted by atomic mass is 10.0. The summed E-state index contributed by atoms with van der Waals surface area (Å²) in [6, 6.07) is 8.19. The van der Waals surface area contributed by atoms with Crippen LogP contribution in [-0.2, 0) is 4.79 Å². The summed E-state index contributed by atoms with van der Waals surface area (Å²) in [5.74, 6) is -0.931. The maximum atomic E-state index is 11.3. The van der Waals surface area contributed by atoms with Crippen molar-refractivity contribution in [3.05, 3.63) is 34.9 Å². The van der Waals surface area contributed by atoms with E-state index in [2.05, 4.69) is 32.6 Å². The van der Waals surface area contributed by atoms with E-state index in [4.69, 9.17) is 0 Å². The van der Waals surface area contributed by atoms with Gasteiger partial charge in [0.15, 0.2) is 0 Å². The van der Waals surface area contributed by atoms with Crippen molar-refractivity contribution in [2.24, 2.45) is 5.92 Å². The van der Waals surface area contributed by atoms with Crippen molar-refractivity contribution in [3.8, 4) is 0 Å². The fraction of sp³-hybridized carbons (Fsp3) is 0.357. The minimum atomic E-state index is -0.675. The number of para-hydroxylation sites is 1. The van der Waals surface area contributed by atoms with Crippen LogP contribution in [0.3, 0.4) is 0 Å². The average Bonchev–Trinajstić information content (AvgIpc) is 2.95. The third-order valence-electron chi connectivity index (χ3n) is 3.85. The van der Waals surface area contributed by atoms with Gasteiger partial charge >= 0.3 is 5.97 Å². The highest BCUT2D eigenvalue weighted by Gasteiger charge is 2.34. The van der Waals surface area contributed by atoms with Crippen LogP contribution in [0.15, 0.2) is 34.9 Å². The number of hydrogen-bond donors (Lipinski definition) is 1. The quantitative estimate of drug-likeness (QED) is 0.916. The van der Waals surface area contributed by atoms with Gasteiger partial charge in [0.2, 0.25) is 0 Å². The number of carbonyl (C=O) groups is 1. The van der Waals surface area contributed by atoms with Gasteiger partial charge in [-0.15, -0.1) is 0 Å². The molecule has 1 aliphatic carbocycles. The first-order valence-corrected chi connectivity index (χ1v) is 6.95. The number of carboxylic acids is 1. The molecule has 1 heterocycles. The van der Waals surface area contributed by atoms with Gasteiger partial charge in [0.1, 0.15) is 0 Å². The van der Waals surface area contributed by atoms with Crippen molar-refractivity contribution < 1.29 is 9.90 Å². The van der Waals surface area contributed by atoms with Gasteiger partial charge in [-0.25, -0.2) is 0 Å². The smallest absolute Gasteiger partial charge is 0.308 e. The number of hydrogen-bond acceptors (Lipinski definition) is 1. The lowest BCUT2D eigenvalue weighted by molar-refractivity contribution is -0.142. The van der Waals surface area contributed by atoms with Crippen LogP contribution in [-0.4, -0.2) is 15.6 Å². The van der Waals surface area contributed by atoms with Gasteiger partial charge in [-0.3, -0.25) is 4.79 Å². The standard InChI is InChI=1S/C14H14BrNO2/c15-11-8-16(12-6-2-1-4-9(11)12)13-7-3-5-10(13)14(17)18/h1-2,4,6,8,10,13H,3,5,7H2,(H,17,18). The second kappa shape index (κ2) is 4.43. The molecular formula is C14H14BrNO2. The van der Waals surface area contributed by atoms with Crippen molar-refractivity contribution in [1.29, 1.82) is 0 Å². The molecule has 1 aliphatic rings. The number of benzene rings is 1. The molecule has 1 N–H and O–H groups in total. The van der Waals surface area contributed by atoms with Crippen LogP contribution in [0.25, 0.3) is 10.9 Å². The first-order valence-electron chi connectivity index (χ1n) is 6.16. The van der Waals surface area contributed by atoms with Crippen molar-refractivity contribution in [2.45, 2.75) is 25.3 Å². The predicted molar refractivity (Wildman–Crippen MR) is 73.7 cm³/mol. The molecule has 3 rings (SSSR count). The zero-order chi connectivity index (χ0) is 12.7. The van der Waals surface area contributed by atoms with E-state index >= 15 is 0 Å². The number of rotatable bonds is 2. The number of aliphatic carboxylic acids is 1. The SMILES string of the molecule is O=C(O)C1CCCC1n1cc(Br)c2ccccc21. The van der Waals surface area contributed by atoms with Crippen LogP contribution in [0.1, 0.15) is 25.3 Å². The Morgan fingerprint density at radius 2 is 2.11 bits per heavy atom. The van der Waals surface area contributed by atoms with E-state index in [0.29, 0.717) is 0 Å². The Balaban J connectivity index is 2.12. The molecule has 1 aromatic carbocycles. The fourth-order valence-corrected chi connectivity index (χ4v) is 3.55. The molecule has 2 unspecified atom stereocenters. The van der Waals surface area contributed by atoms with E-state index in [9.17, 15) is 9.90 Å². The summed E-state index contributed by atoms with van der Waals surface area (Å²) < 4.78 is 3.17. The molecule has 1 aromatic heterocycles. The zero-order valence-electron chi connectivity index (χ0n) is 9.84. The molecule has 2 aromatic rings. The first kappa shape index (κ1) is 11.8. The fourth-order valence-electron chi connectivity index (χ4n) is 3.00. The molecule has 94 valence electrons. The highest BCUT2D eigenvalue weighted by molar-refractivity contribution is 9.10. The average molecular weight is 308 g/mol. The second-order valence-corrected chi connectivity index (χ2v) is 5.70. The van der Waals surface area contributed by atoms with Gasteiger partial charge in [-0.05, 0) is 34.8 Å². The summed E-state index contributed by atoms with van der Waals surface area (Å²) in [5, 5.41) is 10.4. The summed E-state index contributed by atoms with van der Waals surface area (Å²) in [5.41, 5.74) is 1.11. The van der Waals surface area contributed by atoms with Crippen LogP contribution in [0.5, 0.6) is 0 Å². The van der Waals surface area contributed by atoms with Crippen LogP contribution >= 0.6 is 15.9 Å². The summed E-state index contributed by atoms with van der Waals surface area (Å²) in [6.45, 7) is 0. The molecule has 4 heteroatoms. The summed E-state index contributed by atoms with van der Waals surface area (Å²) in [6.07, 6.45) is 4.74. The number of nitrogens with zero attached hydrogens (tertiary/aromatic N) is 1. The lowest BCUT2D eigenvalue weighted by Gasteiger charge is -2.19. The topological polar surface area (TPSA) is 42.2 Å². The zero-order valence-corrected chi connectivity index (χ0v) is 11.4. The van der Waals surface area contributed by atoms with E-state index in [1.165, 1.54) is 0 Å². The third-order valence-corrected chi connectivity index (χ3v) is 4.48. The van der Waals surface area contributed by atoms with Crippen LogP contribution in [0.2, 0.25) is 0 Å². The Morgan fingerprint density at radius 1 is 1.33 bits per heavy atom. The monoisotopic (exact) mass is 307 g/mol. The lowest BCUT2D eigenvalue weighted by Crippen LogP contribution is -2.21. The molecule has 3 nitrogen and oxygen atoms in total. The van der Waals surface area contributed by atoms with Crippen molar-refractivity contribution in [2.75, 3.05) is 0 Å². The Kier molecular flexibility index (Phi) is 2.90. The minimum absolute atomic E-state index is 0.0821. The van der Waals surface area contributed by atoms with Gasteiger partial charge in [0.25, 0.3) is 0 Å². The second-order valence-electron chi connectivity index (χ2n) is 4.84. The molecule has 1 saturated carbocycles. The van der Waals surface area contributed by atoms with Gasteiger partial charge in [0.05, 0.1) is 5.92 Å². The highest BCUT2D eigenvalue weighted by Crippen LogP contribution is 2.39. The Morgan fingerprint density at radius 3 is 2.89 bits per heavy atom. The Bertz CT molecular complexity index is 605. The van der Waals surface area contributed by atoms with Gasteiger partial charge in [0, 0.05) is 27.6 Å². The first-order chi connectivity index (χ1) is 8.68. The summed E-state index contributed by atoms with van der Waals surface area (Å²) in [7, 11) is 0. The molecule has 0 spiro atoms. The third kappa shape index (κ3) is 1.75. The van der Waals surface area contributed by atoms with E-state index < -0.39 is 5.97 Å².